The van der Waals surface area contributed by atoms with E-state index in [1.165, 1.54) is 6.92 Å². The zero-order valence-electron chi connectivity index (χ0n) is 15.4. The molecule has 2 fully saturated rings. The highest BCUT2D eigenvalue weighted by atomic mass is 16.2. The van der Waals surface area contributed by atoms with Gasteiger partial charge in [-0.3, -0.25) is 14.4 Å². The van der Waals surface area contributed by atoms with Crippen molar-refractivity contribution < 1.29 is 14.4 Å². The van der Waals surface area contributed by atoms with Crippen LogP contribution in [0.2, 0.25) is 0 Å². The monoisotopic (exact) mass is 337 g/mol. The zero-order chi connectivity index (χ0) is 17.9. The standard InChI is InChI=1S/C18H31N3O3/c1-13(22)19-15(14-7-5-6-8-14)16(23)20-9-11-21(12-10-20)17(24)18(2,3)4/h14-15H,5-12H2,1-4H3,(H,19,22). The molecule has 1 atom stereocenters. The minimum atomic E-state index is -0.408. The molecule has 0 aromatic heterocycles. The zero-order valence-corrected chi connectivity index (χ0v) is 15.4. The van der Waals surface area contributed by atoms with Crippen LogP contribution in [0.3, 0.4) is 0 Å². The van der Waals surface area contributed by atoms with Crippen molar-refractivity contribution in [3.63, 3.8) is 0 Å². The largest absolute Gasteiger partial charge is 0.344 e. The maximum atomic E-state index is 12.9. The second-order valence-corrected chi connectivity index (χ2v) is 8.09. The third kappa shape index (κ3) is 4.48. The molecular formula is C18H31N3O3. The van der Waals surface area contributed by atoms with Gasteiger partial charge in [0.15, 0.2) is 0 Å². The third-order valence-corrected chi connectivity index (χ3v) is 5.02. The molecule has 0 spiro atoms. The molecule has 6 nitrogen and oxygen atoms in total. The highest BCUT2D eigenvalue weighted by Gasteiger charge is 2.36. The van der Waals surface area contributed by atoms with Gasteiger partial charge >= 0.3 is 0 Å². The summed E-state index contributed by atoms with van der Waals surface area (Å²) in [6.45, 7) is 9.44. The SMILES string of the molecule is CC(=O)NC(C(=O)N1CCN(C(=O)C(C)(C)C)CC1)C1CCCC1. The van der Waals surface area contributed by atoms with Gasteiger partial charge in [0, 0.05) is 38.5 Å². The lowest BCUT2D eigenvalue weighted by Crippen LogP contribution is -2.58. The number of nitrogens with zero attached hydrogens (tertiary/aromatic N) is 2. The number of carbonyl (C=O) groups is 3. The fourth-order valence-corrected chi connectivity index (χ4v) is 3.69. The van der Waals surface area contributed by atoms with E-state index in [1.807, 2.05) is 30.6 Å². The lowest BCUT2D eigenvalue weighted by Gasteiger charge is -2.39. The van der Waals surface area contributed by atoms with Crippen molar-refractivity contribution in [1.29, 1.82) is 0 Å². The van der Waals surface area contributed by atoms with Crippen LogP contribution in [0.4, 0.5) is 0 Å². The molecule has 2 aliphatic rings. The summed E-state index contributed by atoms with van der Waals surface area (Å²) in [5.41, 5.74) is -0.394. The number of hydrogen-bond acceptors (Lipinski definition) is 3. The number of hydrogen-bond donors (Lipinski definition) is 1. The first-order chi connectivity index (χ1) is 11.2. The fourth-order valence-electron chi connectivity index (χ4n) is 3.69. The molecule has 0 aromatic carbocycles. The lowest BCUT2D eigenvalue weighted by atomic mass is 9.94. The Kier molecular flexibility index (Phi) is 5.88. The highest BCUT2D eigenvalue weighted by molar-refractivity contribution is 5.87. The molecule has 6 heteroatoms. The van der Waals surface area contributed by atoms with Crippen LogP contribution in [-0.4, -0.2) is 59.7 Å². The van der Waals surface area contributed by atoms with Crippen LogP contribution in [0.25, 0.3) is 0 Å². The molecule has 1 saturated carbocycles. The summed E-state index contributed by atoms with van der Waals surface area (Å²) in [4.78, 5) is 40.4. The molecular weight excluding hydrogens is 306 g/mol. The van der Waals surface area contributed by atoms with E-state index in [-0.39, 0.29) is 23.6 Å². The molecule has 1 aliphatic heterocycles. The Morgan fingerprint density at radius 3 is 1.92 bits per heavy atom. The summed E-state index contributed by atoms with van der Waals surface area (Å²) in [7, 11) is 0. The van der Waals surface area contributed by atoms with Crippen molar-refractivity contribution in [2.75, 3.05) is 26.2 Å². The smallest absolute Gasteiger partial charge is 0.245 e. The minimum Gasteiger partial charge on any atom is -0.344 e. The quantitative estimate of drug-likeness (QED) is 0.846. The average Bonchev–Trinajstić information content (AvgIpc) is 3.04. The molecule has 136 valence electrons. The predicted octanol–water partition coefficient (Wildman–Crippen LogP) is 1.40. The number of nitrogens with one attached hydrogen (secondary N) is 1. The molecule has 1 heterocycles. The Hall–Kier alpha value is -1.59. The Morgan fingerprint density at radius 2 is 1.46 bits per heavy atom. The predicted molar refractivity (Wildman–Crippen MR) is 92.2 cm³/mol. The van der Waals surface area contributed by atoms with Gasteiger partial charge in [-0.15, -0.1) is 0 Å². The molecule has 24 heavy (non-hydrogen) atoms. The van der Waals surface area contributed by atoms with Crippen LogP contribution in [0.5, 0.6) is 0 Å². The van der Waals surface area contributed by atoms with Crippen LogP contribution in [-0.2, 0) is 14.4 Å². The number of carbonyl (C=O) groups excluding carboxylic acids is 3. The van der Waals surface area contributed by atoms with Gasteiger partial charge in [-0.25, -0.2) is 0 Å². The summed E-state index contributed by atoms with van der Waals surface area (Å²) in [5, 5.41) is 2.87. The molecule has 1 N–H and O–H groups in total. The van der Waals surface area contributed by atoms with E-state index in [1.54, 1.807) is 0 Å². The van der Waals surface area contributed by atoms with E-state index in [2.05, 4.69) is 5.32 Å². The van der Waals surface area contributed by atoms with Gasteiger partial charge in [0.1, 0.15) is 6.04 Å². The van der Waals surface area contributed by atoms with Gasteiger partial charge in [0.05, 0.1) is 0 Å². The van der Waals surface area contributed by atoms with Gasteiger partial charge in [-0.05, 0) is 18.8 Å². The Morgan fingerprint density at radius 1 is 0.958 bits per heavy atom. The van der Waals surface area contributed by atoms with Crippen LogP contribution >= 0.6 is 0 Å². The topological polar surface area (TPSA) is 69.7 Å². The van der Waals surface area contributed by atoms with Gasteiger partial charge in [0.25, 0.3) is 0 Å². The van der Waals surface area contributed by atoms with E-state index in [9.17, 15) is 14.4 Å². The molecule has 2 rings (SSSR count). The number of amides is 3. The Balaban J connectivity index is 1.97. The maximum Gasteiger partial charge on any atom is 0.245 e. The third-order valence-electron chi connectivity index (χ3n) is 5.02. The molecule has 1 unspecified atom stereocenters. The molecule has 0 aromatic rings. The number of piperazine rings is 1. The van der Waals surface area contributed by atoms with Crippen molar-refractivity contribution in [1.82, 2.24) is 15.1 Å². The fraction of sp³-hybridized carbons (Fsp3) is 0.833. The first kappa shape index (κ1) is 18.7. The Labute approximate surface area is 144 Å². The van der Waals surface area contributed by atoms with E-state index in [0.717, 1.165) is 25.7 Å². The van der Waals surface area contributed by atoms with Crippen LogP contribution < -0.4 is 5.32 Å². The van der Waals surface area contributed by atoms with E-state index in [0.29, 0.717) is 26.2 Å². The first-order valence-electron chi connectivity index (χ1n) is 9.05. The summed E-state index contributed by atoms with van der Waals surface area (Å²) in [6.07, 6.45) is 4.25. The van der Waals surface area contributed by atoms with Crippen molar-refractivity contribution in [3.05, 3.63) is 0 Å². The van der Waals surface area contributed by atoms with Crippen molar-refractivity contribution in [3.8, 4) is 0 Å². The van der Waals surface area contributed by atoms with Crippen molar-refractivity contribution >= 4 is 17.7 Å². The van der Waals surface area contributed by atoms with Crippen LogP contribution in [0.1, 0.15) is 53.4 Å². The van der Waals surface area contributed by atoms with Gasteiger partial charge in [-0.2, -0.15) is 0 Å². The highest BCUT2D eigenvalue weighted by Crippen LogP contribution is 2.29. The number of rotatable bonds is 3. The maximum absolute atomic E-state index is 12.9. The van der Waals surface area contributed by atoms with Gasteiger partial charge in [0.2, 0.25) is 17.7 Å². The van der Waals surface area contributed by atoms with Gasteiger partial charge < -0.3 is 15.1 Å². The molecule has 0 radical (unpaired) electrons. The molecule has 1 aliphatic carbocycles. The second kappa shape index (κ2) is 7.53. The summed E-state index contributed by atoms with van der Waals surface area (Å²) < 4.78 is 0. The first-order valence-corrected chi connectivity index (χ1v) is 9.05. The van der Waals surface area contributed by atoms with Crippen molar-refractivity contribution in [2.24, 2.45) is 11.3 Å². The molecule has 1 saturated heterocycles. The van der Waals surface area contributed by atoms with Crippen molar-refractivity contribution in [2.45, 2.75) is 59.4 Å². The van der Waals surface area contributed by atoms with E-state index >= 15 is 0 Å². The summed E-state index contributed by atoms with van der Waals surface area (Å²) in [6, 6.07) is -0.408. The van der Waals surface area contributed by atoms with Crippen LogP contribution in [0, 0.1) is 11.3 Å². The molecule has 0 bridgehead atoms. The van der Waals surface area contributed by atoms with Crippen LogP contribution in [0.15, 0.2) is 0 Å². The van der Waals surface area contributed by atoms with Gasteiger partial charge in [-0.1, -0.05) is 33.6 Å². The Bertz CT molecular complexity index is 484. The normalized spacial score (nSPS) is 20.8. The van der Waals surface area contributed by atoms with E-state index < -0.39 is 11.5 Å². The molecule has 3 amide bonds. The van der Waals surface area contributed by atoms with E-state index in [4.69, 9.17) is 0 Å². The second-order valence-electron chi connectivity index (χ2n) is 8.09. The summed E-state index contributed by atoms with van der Waals surface area (Å²) in [5.74, 6) is 0.237. The average molecular weight is 337 g/mol. The lowest BCUT2D eigenvalue weighted by molar-refractivity contribution is -0.146. The summed E-state index contributed by atoms with van der Waals surface area (Å²) >= 11 is 0. The minimum absolute atomic E-state index is 0.0138.